The molecule has 1 aliphatic heterocycles. The Morgan fingerprint density at radius 2 is 2.05 bits per heavy atom. The number of alkyl halides is 2. The zero-order valence-corrected chi connectivity index (χ0v) is 12.5. The Morgan fingerprint density at radius 3 is 2.45 bits per heavy atom. The van der Waals surface area contributed by atoms with E-state index in [1.807, 2.05) is 0 Å². The van der Waals surface area contributed by atoms with Gasteiger partial charge in [0.2, 0.25) is 0 Å². The van der Waals surface area contributed by atoms with Crippen LogP contribution in [0.15, 0.2) is 0 Å². The summed E-state index contributed by atoms with van der Waals surface area (Å²) in [5.74, 6) is 0. The van der Waals surface area contributed by atoms with Gasteiger partial charge in [-0.25, -0.2) is 13.6 Å². The van der Waals surface area contributed by atoms with Crippen molar-refractivity contribution in [1.82, 2.24) is 5.32 Å². The highest BCUT2D eigenvalue weighted by Gasteiger charge is 2.45. The van der Waals surface area contributed by atoms with Crippen LogP contribution in [0.25, 0.3) is 0 Å². The van der Waals surface area contributed by atoms with E-state index in [1.54, 1.807) is 20.8 Å². The zero-order valence-electron chi connectivity index (χ0n) is 12.5. The largest absolute Gasteiger partial charge is 0.444 e. The summed E-state index contributed by atoms with van der Waals surface area (Å²) >= 11 is 0. The Labute approximate surface area is 118 Å². The van der Waals surface area contributed by atoms with Crippen LogP contribution in [-0.2, 0) is 9.47 Å². The Bertz CT molecular complexity index is 348. The predicted octanol–water partition coefficient (Wildman–Crippen LogP) is 2.04. The first-order valence-corrected chi connectivity index (χ1v) is 6.62. The Kier molecular flexibility index (Phi) is 4.97. The van der Waals surface area contributed by atoms with E-state index >= 15 is 0 Å². The lowest BCUT2D eigenvalue weighted by Gasteiger charge is -2.36. The first kappa shape index (κ1) is 17.1. The minimum absolute atomic E-state index is 0.0725. The maximum atomic E-state index is 12.9. The summed E-state index contributed by atoms with van der Waals surface area (Å²) in [6.45, 7) is 7.03. The van der Waals surface area contributed by atoms with Crippen molar-refractivity contribution in [2.45, 2.75) is 63.6 Å². The molecular formula is C13H24F2N2O3. The maximum Gasteiger partial charge on any atom is 0.408 e. The lowest BCUT2D eigenvalue weighted by molar-refractivity contribution is 0.0225. The van der Waals surface area contributed by atoms with E-state index in [4.69, 9.17) is 15.2 Å². The Hall–Kier alpha value is -0.950. The van der Waals surface area contributed by atoms with Crippen LogP contribution in [0.2, 0.25) is 0 Å². The summed E-state index contributed by atoms with van der Waals surface area (Å²) in [6, 6.07) is 0. The second-order valence-corrected chi connectivity index (χ2v) is 6.69. The van der Waals surface area contributed by atoms with Crippen LogP contribution in [0.5, 0.6) is 0 Å². The fourth-order valence-corrected chi connectivity index (χ4v) is 2.22. The molecule has 1 amide bonds. The molecule has 0 spiro atoms. The average molecular weight is 294 g/mol. The number of rotatable bonds is 4. The van der Waals surface area contributed by atoms with Crippen LogP contribution in [0.4, 0.5) is 13.6 Å². The van der Waals surface area contributed by atoms with Gasteiger partial charge < -0.3 is 20.5 Å². The van der Waals surface area contributed by atoms with E-state index in [9.17, 15) is 13.6 Å². The molecule has 0 aliphatic carbocycles. The predicted molar refractivity (Wildman–Crippen MR) is 70.8 cm³/mol. The summed E-state index contributed by atoms with van der Waals surface area (Å²) < 4.78 is 36.3. The highest BCUT2D eigenvalue weighted by atomic mass is 19.3. The third kappa shape index (κ3) is 4.86. The number of nitrogens with one attached hydrogen (secondary N) is 1. The quantitative estimate of drug-likeness (QED) is 0.832. The molecule has 1 rings (SSSR count). The highest BCUT2D eigenvalue weighted by molar-refractivity contribution is 5.69. The second kappa shape index (κ2) is 5.81. The summed E-state index contributed by atoms with van der Waals surface area (Å²) in [5, 5.41) is 2.66. The molecule has 2 atom stereocenters. The van der Waals surface area contributed by atoms with Crippen molar-refractivity contribution in [1.29, 1.82) is 0 Å². The fourth-order valence-electron chi connectivity index (χ4n) is 2.22. The van der Waals surface area contributed by atoms with Gasteiger partial charge in [0.05, 0.1) is 17.7 Å². The monoisotopic (exact) mass is 294 g/mol. The third-order valence-corrected chi connectivity index (χ3v) is 3.09. The Balaban J connectivity index is 2.75. The number of ether oxygens (including phenoxy) is 2. The molecule has 0 saturated carbocycles. The Morgan fingerprint density at radius 1 is 1.45 bits per heavy atom. The van der Waals surface area contributed by atoms with Crippen LogP contribution < -0.4 is 11.1 Å². The van der Waals surface area contributed by atoms with Crippen molar-refractivity contribution < 1.29 is 23.0 Å². The molecule has 1 fully saturated rings. The standard InChI is InChI=1S/C13H24F2N2O3/c1-11(2,3)20-10(18)17-13(5-6-19-8-13)7-12(4,16)9(14)15/h9H,5-8,16H2,1-4H3,(H,17,18). The van der Waals surface area contributed by atoms with Gasteiger partial charge in [-0.3, -0.25) is 0 Å². The SMILES string of the molecule is CC(C)(C)OC(=O)NC1(CC(C)(N)C(F)F)CCOC1. The molecule has 0 aromatic carbocycles. The van der Waals surface area contributed by atoms with Gasteiger partial charge in [-0.15, -0.1) is 0 Å². The molecule has 0 aromatic rings. The molecule has 3 N–H and O–H groups in total. The molecule has 0 bridgehead atoms. The number of halogens is 2. The molecule has 1 aliphatic rings. The first-order chi connectivity index (χ1) is 8.96. The van der Waals surface area contributed by atoms with Crippen LogP contribution in [0.3, 0.4) is 0 Å². The van der Waals surface area contributed by atoms with Gasteiger partial charge in [0.25, 0.3) is 6.43 Å². The molecule has 0 aromatic heterocycles. The third-order valence-electron chi connectivity index (χ3n) is 3.09. The summed E-state index contributed by atoms with van der Waals surface area (Å²) in [5.41, 5.74) is 2.38. The van der Waals surface area contributed by atoms with Gasteiger partial charge in [0.1, 0.15) is 5.60 Å². The van der Waals surface area contributed by atoms with Crippen molar-refractivity contribution in [3.63, 3.8) is 0 Å². The minimum atomic E-state index is -2.68. The average Bonchev–Trinajstić information content (AvgIpc) is 2.61. The van der Waals surface area contributed by atoms with Crippen LogP contribution in [-0.4, -0.2) is 42.4 Å². The molecule has 7 heteroatoms. The zero-order chi connectivity index (χ0) is 15.6. The maximum absolute atomic E-state index is 12.9. The van der Waals surface area contributed by atoms with E-state index < -0.39 is 29.2 Å². The molecule has 5 nitrogen and oxygen atoms in total. The van der Waals surface area contributed by atoms with Gasteiger partial charge >= 0.3 is 6.09 Å². The van der Waals surface area contributed by atoms with Crippen LogP contribution >= 0.6 is 0 Å². The number of alkyl carbamates (subject to hydrolysis) is 1. The van der Waals surface area contributed by atoms with Crippen LogP contribution in [0.1, 0.15) is 40.5 Å². The van der Waals surface area contributed by atoms with Gasteiger partial charge in [0.15, 0.2) is 0 Å². The molecule has 0 radical (unpaired) electrons. The van der Waals surface area contributed by atoms with Crippen molar-refractivity contribution in [3.8, 4) is 0 Å². The fraction of sp³-hybridized carbons (Fsp3) is 0.923. The molecule has 2 unspecified atom stereocenters. The van der Waals surface area contributed by atoms with Crippen molar-refractivity contribution in [2.24, 2.45) is 5.73 Å². The number of hydrogen-bond donors (Lipinski definition) is 2. The summed E-state index contributed by atoms with van der Waals surface area (Å²) in [6.07, 6.45) is -2.96. The van der Waals surface area contributed by atoms with E-state index in [2.05, 4.69) is 5.32 Å². The number of amides is 1. The van der Waals surface area contributed by atoms with Gasteiger partial charge in [-0.1, -0.05) is 0 Å². The van der Waals surface area contributed by atoms with Gasteiger partial charge in [-0.05, 0) is 40.5 Å². The molecule has 20 heavy (non-hydrogen) atoms. The van der Waals surface area contributed by atoms with Gasteiger partial charge in [-0.2, -0.15) is 0 Å². The topological polar surface area (TPSA) is 73.6 Å². The highest BCUT2D eigenvalue weighted by Crippen LogP contribution is 2.31. The van der Waals surface area contributed by atoms with E-state index in [1.165, 1.54) is 6.92 Å². The van der Waals surface area contributed by atoms with Gasteiger partial charge in [0, 0.05) is 6.61 Å². The number of nitrogens with two attached hydrogens (primary N) is 1. The second-order valence-electron chi connectivity index (χ2n) is 6.69. The van der Waals surface area contributed by atoms with Crippen molar-refractivity contribution in [3.05, 3.63) is 0 Å². The summed E-state index contributed by atoms with van der Waals surface area (Å²) in [7, 11) is 0. The molecule has 118 valence electrons. The van der Waals surface area contributed by atoms with Crippen LogP contribution in [0, 0.1) is 0 Å². The minimum Gasteiger partial charge on any atom is -0.444 e. The molecule has 1 saturated heterocycles. The number of carbonyl (C=O) groups is 1. The summed E-state index contributed by atoms with van der Waals surface area (Å²) in [4.78, 5) is 11.9. The molecule has 1 heterocycles. The number of hydrogen-bond acceptors (Lipinski definition) is 4. The smallest absolute Gasteiger partial charge is 0.408 e. The number of carbonyl (C=O) groups excluding carboxylic acids is 1. The first-order valence-electron chi connectivity index (χ1n) is 6.62. The van der Waals surface area contributed by atoms with Crippen molar-refractivity contribution >= 4 is 6.09 Å². The normalized spacial score (nSPS) is 26.4. The van der Waals surface area contributed by atoms with E-state index in [0.717, 1.165) is 0 Å². The van der Waals surface area contributed by atoms with Crippen molar-refractivity contribution in [2.75, 3.05) is 13.2 Å². The van der Waals surface area contributed by atoms with E-state index in [0.29, 0.717) is 13.0 Å². The lowest BCUT2D eigenvalue weighted by atomic mass is 9.83. The van der Waals surface area contributed by atoms with E-state index in [-0.39, 0.29) is 13.0 Å². The molecular weight excluding hydrogens is 270 g/mol. The lowest BCUT2D eigenvalue weighted by Crippen LogP contribution is -2.58.